The van der Waals surface area contributed by atoms with E-state index in [0.717, 1.165) is 12.2 Å². The number of anilines is 1. The molecule has 144 valence electrons. The average Bonchev–Trinajstić information content (AvgIpc) is 2.61. The standard InChI is InChI=1S/C17H19ClN2O.C2H2O4/c1-20(13-14-6-3-2-4-7-14)11-10-17(21)19-16-9-5-8-15(18)12-16;3-1(4)2(5)6/h2-9,12H,10-11,13H2,1H3,(H,19,21);(H,3,4)(H,5,6). The van der Waals surface area contributed by atoms with Gasteiger partial charge in [0.2, 0.25) is 5.91 Å². The molecule has 0 spiro atoms. The highest BCUT2D eigenvalue weighted by molar-refractivity contribution is 6.30. The van der Waals surface area contributed by atoms with Gasteiger partial charge in [-0.05, 0) is 30.8 Å². The maximum absolute atomic E-state index is 11.9. The zero-order valence-corrected chi connectivity index (χ0v) is 15.5. The van der Waals surface area contributed by atoms with Gasteiger partial charge >= 0.3 is 11.9 Å². The Bertz CT molecular complexity index is 756. The van der Waals surface area contributed by atoms with Crippen LogP contribution in [0, 0.1) is 0 Å². The summed E-state index contributed by atoms with van der Waals surface area (Å²) in [7, 11) is 2.01. The minimum Gasteiger partial charge on any atom is -0.473 e. The van der Waals surface area contributed by atoms with Crippen LogP contribution in [-0.4, -0.2) is 46.6 Å². The van der Waals surface area contributed by atoms with Gasteiger partial charge in [-0.2, -0.15) is 0 Å². The lowest BCUT2D eigenvalue weighted by atomic mass is 10.2. The Balaban J connectivity index is 0.000000527. The fourth-order valence-electron chi connectivity index (χ4n) is 2.06. The van der Waals surface area contributed by atoms with Gasteiger partial charge < -0.3 is 20.4 Å². The molecule has 0 radical (unpaired) electrons. The topological polar surface area (TPSA) is 107 Å². The summed E-state index contributed by atoms with van der Waals surface area (Å²) in [4.78, 5) is 32.2. The van der Waals surface area contributed by atoms with Crippen LogP contribution in [0.5, 0.6) is 0 Å². The van der Waals surface area contributed by atoms with E-state index < -0.39 is 11.9 Å². The van der Waals surface area contributed by atoms with Crippen LogP contribution < -0.4 is 5.32 Å². The van der Waals surface area contributed by atoms with E-state index in [0.29, 0.717) is 18.0 Å². The number of carboxylic acids is 2. The number of amides is 1. The second-order valence-electron chi connectivity index (χ2n) is 5.64. The van der Waals surface area contributed by atoms with Crippen molar-refractivity contribution in [3.63, 3.8) is 0 Å². The van der Waals surface area contributed by atoms with Gasteiger partial charge in [0.15, 0.2) is 0 Å². The summed E-state index contributed by atoms with van der Waals surface area (Å²) < 4.78 is 0. The van der Waals surface area contributed by atoms with E-state index in [1.807, 2.05) is 37.4 Å². The van der Waals surface area contributed by atoms with Crippen LogP contribution in [0.25, 0.3) is 0 Å². The van der Waals surface area contributed by atoms with E-state index in [1.54, 1.807) is 12.1 Å². The SMILES string of the molecule is CN(CCC(=O)Nc1cccc(Cl)c1)Cc1ccccc1.O=C(O)C(=O)O. The number of carboxylic acid groups (broad SMARTS) is 2. The van der Waals surface area contributed by atoms with Gasteiger partial charge in [-0.25, -0.2) is 9.59 Å². The first-order valence-electron chi connectivity index (χ1n) is 8.02. The molecule has 0 aliphatic carbocycles. The number of aliphatic carboxylic acids is 2. The molecule has 2 aromatic carbocycles. The number of hydrogen-bond donors (Lipinski definition) is 3. The first kappa shape index (κ1) is 22.1. The number of rotatable bonds is 6. The molecule has 0 fully saturated rings. The molecule has 0 aromatic heterocycles. The molecule has 8 heteroatoms. The molecule has 0 atom stereocenters. The lowest BCUT2D eigenvalue weighted by molar-refractivity contribution is -0.159. The Labute approximate surface area is 162 Å². The summed E-state index contributed by atoms with van der Waals surface area (Å²) in [6, 6.07) is 17.4. The van der Waals surface area contributed by atoms with E-state index >= 15 is 0 Å². The highest BCUT2D eigenvalue weighted by atomic mass is 35.5. The third kappa shape index (κ3) is 9.98. The van der Waals surface area contributed by atoms with Gasteiger partial charge in [-0.15, -0.1) is 0 Å². The molecule has 27 heavy (non-hydrogen) atoms. The molecule has 0 unspecified atom stereocenters. The molecular weight excluding hydrogens is 372 g/mol. The van der Waals surface area contributed by atoms with Gasteiger partial charge in [0.1, 0.15) is 0 Å². The minimum absolute atomic E-state index is 0.00261. The molecule has 0 heterocycles. The summed E-state index contributed by atoms with van der Waals surface area (Å²) >= 11 is 5.89. The van der Waals surface area contributed by atoms with Crippen molar-refractivity contribution >= 4 is 35.1 Å². The number of carbonyl (C=O) groups is 3. The van der Waals surface area contributed by atoms with Crippen molar-refractivity contribution < 1.29 is 24.6 Å². The minimum atomic E-state index is -1.82. The Kier molecular flexibility index (Phi) is 9.57. The van der Waals surface area contributed by atoms with Crippen LogP contribution in [0.1, 0.15) is 12.0 Å². The number of benzene rings is 2. The van der Waals surface area contributed by atoms with Crippen molar-refractivity contribution in [3.8, 4) is 0 Å². The fourth-order valence-corrected chi connectivity index (χ4v) is 2.25. The molecule has 7 nitrogen and oxygen atoms in total. The molecule has 2 rings (SSSR count). The number of nitrogens with zero attached hydrogens (tertiary/aromatic N) is 1. The quantitative estimate of drug-likeness (QED) is 0.652. The Morgan fingerprint density at radius 3 is 2.19 bits per heavy atom. The Hall–Kier alpha value is -2.90. The maximum Gasteiger partial charge on any atom is 0.414 e. The van der Waals surface area contributed by atoms with E-state index in [9.17, 15) is 4.79 Å². The number of halogens is 1. The predicted molar refractivity (Wildman–Crippen MR) is 103 cm³/mol. The van der Waals surface area contributed by atoms with Crippen LogP contribution in [0.4, 0.5) is 5.69 Å². The summed E-state index contributed by atoms with van der Waals surface area (Å²) in [6.45, 7) is 1.55. The summed E-state index contributed by atoms with van der Waals surface area (Å²) in [6.07, 6.45) is 0.454. The van der Waals surface area contributed by atoms with Crippen molar-refractivity contribution in [2.75, 3.05) is 18.9 Å². The van der Waals surface area contributed by atoms with E-state index in [4.69, 9.17) is 31.4 Å². The number of carbonyl (C=O) groups excluding carboxylic acids is 1. The third-order valence-electron chi connectivity index (χ3n) is 3.31. The summed E-state index contributed by atoms with van der Waals surface area (Å²) in [5, 5.41) is 18.3. The molecule has 0 aliphatic heterocycles. The van der Waals surface area contributed by atoms with Crippen molar-refractivity contribution in [2.24, 2.45) is 0 Å². The molecule has 1 amide bonds. The van der Waals surface area contributed by atoms with Crippen LogP contribution >= 0.6 is 11.6 Å². The highest BCUT2D eigenvalue weighted by Gasteiger charge is 2.06. The van der Waals surface area contributed by atoms with E-state index in [2.05, 4.69) is 22.3 Å². The Morgan fingerprint density at radius 1 is 1.00 bits per heavy atom. The Morgan fingerprint density at radius 2 is 1.63 bits per heavy atom. The molecule has 3 N–H and O–H groups in total. The lowest BCUT2D eigenvalue weighted by Gasteiger charge is -2.16. The third-order valence-corrected chi connectivity index (χ3v) is 3.54. The zero-order chi connectivity index (χ0) is 20.2. The van der Waals surface area contributed by atoms with Gasteiger partial charge in [-0.1, -0.05) is 48.0 Å². The van der Waals surface area contributed by atoms with E-state index in [-0.39, 0.29) is 5.91 Å². The van der Waals surface area contributed by atoms with Crippen LogP contribution in [-0.2, 0) is 20.9 Å². The summed E-state index contributed by atoms with van der Waals surface area (Å²) in [5.74, 6) is -3.65. The summed E-state index contributed by atoms with van der Waals surface area (Å²) in [5.41, 5.74) is 1.98. The lowest BCUT2D eigenvalue weighted by Crippen LogP contribution is -2.24. The van der Waals surface area contributed by atoms with Crippen molar-refractivity contribution in [2.45, 2.75) is 13.0 Å². The van der Waals surface area contributed by atoms with Crippen LogP contribution in [0.15, 0.2) is 54.6 Å². The molecule has 0 saturated carbocycles. The second kappa shape index (κ2) is 11.7. The van der Waals surface area contributed by atoms with Crippen LogP contribution in [0.3, 0.4) is 0 Å². The van der Waals surface area contributed by atoms with Gasteiger partial charge in [-0.3, -0.25) is 4.79 Å². The fraction of sp³-hybridized carbons (Fsp3) is 0.211. The smallest absolute Gasteiger partial charge is 0.414 e. The molecule has 2 aromatic rings. The molecule has 0 saturated heterocycles. The van der Waals surface area contributed by atoms with Gasteiger partial charge in [0.25, 0.3) is 0 Å². The number of nitrogens with one attached hydrogen (secondary N) is 1. The van der Waals surface area contributed by atoms with Crippen molar-refractivity contribution in [1.82, 2.24) is 4.90 Å². The molecule has 0 aliphatic rings. The monoisotopic (exact) mass is 392 g/mol. The average molecular weight is 393 g/mol. The van der Waals surface area contributed by atoms with E-state index in [1.165, 1.54) is 5.56 Å². The van der Waals surface area contributed by atoms with Gasteiger partial charge in [0.05, 0.1) is 0 Å². The molecular formula is C19H21ClN2O5. The second-order valence-corrected chi connectivity index (χ2v) is 6.08. The first-order chi connectivity index (χ1) is 12.8. The van der Waals surface area contributed by atoms with Crippen molar-refractivity contribution in [1.29, 1.82) is 0 Å². The largest absolute Gasteiger partial charge is 0.473 e. The first-order valence-corrected chi connectivity index (χ1v) is 8.40. The predicted octanol–water partition coefficient (Wildman–Crippen LogP) is 2.96. The zero-order valence-electron chi connectivity index (χ0n) is 14.8. The normalized spacial score (nSPS) is 9.89. The van der Waals surface area contributed by atoms with Gasteiger partial charge in [0, 0.05) is 30.2 Å². The maximum atomic E-state index is 11.9. The van der Waals surface area contributed by atoms with Crippen LogP contribution in [0.2, 0.25) is 5.02 Å². The molecule has 0 bridgehead atoms. The van der Waals surface area contributed by atoms with Crippen molar-refractivity contribution in [3.05, 3.63) is 65.2 Å². The highest BCUT2D eigenvalue weighted by Crippen LogP contribution is 2.15. The number of hydrogen-bond acceptors (Lipinski definition) is 4.